The Morgan fingerprint density at radius 1 is 1.43 bits per heavy atom. The highest BCUT2D eigenvalue weighted by molar-refractivity contribution is 6.43. The predicted molar refractivity (Wildman–Crippen MR) is 95.9 cm³/mol. The number of hydrogen-bond donors (Lipinski definition) is 1. The van der Waals surface area contributed by atoms with E-state index in [-0.39, 0.29) is 10.0 Å². The number of halogens is 2. The van der Waals surface area contributed by atoms with E-state index in [0.29, 0.717) is 29.2 Å². The topological polar surface area (TPSA) is 62.0 Å². The van der Waals surface area contributed by atoms with Crippen molar-refractivity contribution in [1.82, 2.24) is 0 Å². The Morgan fingerprint density at radius 2 is 2.13 bits per heavy atom. The molecule has 0 saturated heterocycles. The first kappa shape index (κ1) is 17.7. The van der Waals surface area contributed by atoms with Gasteiger partial charge in [0.05, 0.1) is 27.9 Å². The number of aliphatic carboxylic acids is 1. The standard InChI is InChI=1S/C17H18Cl2N2O2/c1-3-21-9-14(20-2)12-7-6-11(15(18)16(12)19)13(17(22)23)8-10-4-5-10/h3,6-7,9-10,13H,2,4-5,8H2,1H3,(H,22,23)/b14-9-,21-3-. The molecule has 1 aromatic carbocycles. The monoisotopic (exact) mass is 352 g/mol. The van der Waals surface area contributed by atoms with E-state index < -0.39 is 11.9 Å². The minimum Gasteiger partial charge on any atom is -0.481 e. The van der Waals surface area contributed by atoms with E-state index in [0.717, 1.165) is 12.8 Å². The Balaban J connectivity index is 2.42. The van der Waals surface area contributed by atoms with Crippen molar-refractivity contribution >= 4 is 47.8 Å². The lowest BCUT2D eigenvalue weighted by Crippen LogP contribution is -2.13. The molecule has 0 heterocycles. The zero-order valence-electron chi connectivity index (χ0n) is 12.8. The molecule has 1 aliphatic carbocycles. The maximum absolute atomic E-state index is 11.6. The van der Waals surface area contributed by atoms with E-state index in [1.807, 2.05) is 0 Å². The summed E-state index contributed by atoms with van der Waals surface area (Å²) in [6.45, 7) is 5.29. The molecule has 1 atom stereocenters. The summed E-state index contributed by atoms with van der Waals surface area (Å²) in [4.78, 5) is 19.5. The van der Waals surface area contributed by atoms with Gasteiger partial charge < -0.3 is 5.11 Å². The second kappa shape index (κ2) is 7.75. The highest BCUT2D eigenvalue weighted by Gasteiger charge is 2.32. The van der Waals surface area contributed by atoms with E-state index in [2.05, 4.69) is 16.7 Å². The normalized spacial score (nSPS) is 16.6. The van der Waals surface area contributed by atoms with Gasteiger partial charge in [-0.1, -0.05) is 48.2 Å². The highest BCUT2D eigenvalue weighted by atomic mass is 35.5. The molecule has 1 fully saturated rings. The predicted octanol–water partition coefficient (Wildman–Crippen LogP) is 5.05. The largest absolute Gasteiger partial charge is 0.481 e. The van der Waals surface area contributed by atoms with Gasteiger partial charge in [0, 0.05) is 11.8 Å². The van der Waals surface area contributed by atoms with Crippen LogP contribution in [0.5, 0.6) is 0 Å². The fourth-order valence-corrected chi connectivity index (χ4v) is 2.99. The number of nitrogens with zero attached hydrogens (tertiary/aromatic N) is 2. The minimum atomic E-state index is -0.879. The zero-order valence-corrected chi connectivity index (χ0v) is 14.3. The van der Waals surface area contributed by atoms with Crippen LogP contribution in [0.25, 0.3) is 5.70 Å². The molecule has 4 nitrogen and oxygen atoms in total. The zero-order chi connectivity index (χ0) is 17.0. The van der Waals surface area contributed by atoms with Crippen molar-refractivity contribution in [3.8, 4) is 0 Å². The van der Waals surface area contributed by atoms with Crippen LogP contribution in [0.1, 0.15) is 43.2 Å². The second-order valence-corrected chi connectivity index (χ2v) is 6.24. The lowest BCUT2D eigenvalue weighted by molar-refractivity contribution is -0.139. The van der Waals surface area contributed by atoms with Crippen LogP contribution in [0.15, 0.2) is 28.3 Å². The fourth-order valence-electron chi connectivity index (χ4n) is 2.42. The summed E-state index contributed by atoms with van der Waals surface area (Å²) in [6.07, 6.45) is 5.90. The van der Waals surface area contributed by atoms with Gasteiger partial charge in [-0.3, -0.25) is 14.8 Å². The maximum Gasteiger partial charge on any atom is 0.311 e. The number of aliphatic imine (C=N–C) groups is 2. The summed E-state index contributed by atoms with van der Waals surface area (Å²) in [5.41, 5.74) is 1.61. The van der Waals surface area contributed by atoms with Crippen molar-refractivity contribution in [1.29, 1.82) is 0 Å². The lowest BCUT2D eigenvalue weighted by atomic mass is 9.92. The molecular weight excluding hydrogens is 335 g/mol. The van der Waals surface area contributed by atoms with Crippen LogP contribution in [0.4, 0.5) is 0 Å². The van der Waals surface area contributed by atoms with E-state index >= 15 is 0 Å². The highest BCUT2D eigenvalue weighted by Crippen LogP contribution is 2.43. The number of hydrogen-bond acceptors (Lipinski definition) is 3. The molecule has 1 aromatic rings. The molecule has 122 valence electrons. The van der Waals surface area contributed by atoms with Crippen LogP contribution < -0.4 is 0 Å². The van der Waals surface area contributed by atoms with Crippen molar-refractivity contribution in [2.45, 2.75) is 32.1 Å². The van der Waals surface area contributed by atoms with Crippen molar-refractivity contribution in [3.63, 3.8) is 0 Å². The minimum absolute atomic E-state index is 0.257. The molecule has 1 N–H and O–H groups in total. The summed E-state index contributed by atoms with van der Waals surface area (Å²) in [5.74, 6) is -1.05. The Morgan fingerprint density at radius 3 is 2.65 bits per heavy atom. The molecule has 0 bridgehead atoms. The van der Waals surface area contributed by atoms with Gasteiger partial charge in [0.2, 0.25) is 0 Å². The van der Waals surface area contributed by atoms with Gasteiger partial charge in [0.1, 0.15) is 0 Å². The third-order valence-electron chi connectivity index (χ3n) is 3.84. The molecule has 2 rings (SSSR count). The molecule has 0 radical (unpaired) electrons. The van der Waals surface area contributed by atoms with Gasteiger partial charge in [-0.15, -0.1) is 0 Å². The Bertz CT molecular complexity index is 679. The van der Waals surface area contributed by atoms with Gasteiger partial charge in [-0.25, -0.2) is 0 Å². The molecule has 0 aliphatic heterocycles. The molecule has 1 saturated carbocycles. The van der Waals surface area contributed by atoms with Crippen LogP contribution in [0, 0.1) is 5.92 Å². The van der Waals surface area contributed by atoms with E-state index in [9.17, 15) is 9.90 Å². The van der Waals surface area contributed by atoms with E-state index in [1.165, 1.54) is 6.20 Å². The first-order valence-electron chi connectivity index (χ1n) is 7.35. The van der Waals surface area contributed by atoms with Gasteiger partial charge >= 0.3 is 5.97 Å². The Kier molecular flexibility index (Phi) is 5.97. The molecule has 0 aromatic heterocycles. The maximum atomic E-state index is 11.6. The molecular formula is C17H18Cl2N2O2. The number of carboxylic acid groups (broad SMARTS) is 1. The van der Waals surface area contributed by atoms with Crippen LogP contribution in [0.2, 0.25) is 10.0 Å². The molecule has 23 heavy (non-hydrogen) atoms. The smallest absolute Gasteiger partial charge is 0.311 e. The van der Waals surface area contributed by atoms with Crippen LogP contribution in [-0.4, -0.2) is 24.0 Å². The number of benzene rings is 1. The quantitative estimate of drug-likeness (QED) is 0.697. The summed E-state index contributed by atoms with van der Waals surface area (Å²) >= 11 is 12.7. The number of carboxylic acids is 1. The van der Waals surface area contributed by atoms with Crippen LogP contribution in [0.3, 0.4) is 0 Å². The summed E-state index contributed by atoms with van der Waals surface area (Å²) < 4.78 is 0. The third kappa shape index (κ3) is 4.21. The number of rotatable bonds is 7. The summed E-state index contributed by atoms with van der Waals surface area (Å²) in [7, 11) is 0. The molecule has 1 unspecified atom stereocenters. The van der Waals surface area contributed by atoms with Crippen LogP contribution >= 0.6 is 23.2 Å². The Hall–Kier alpha value is -1.65. The third-order valence-corrected chi connectivity index (χ3v) is 4.74. The number of carbonyl (C=O) groups is 1. The van der Waals surface area contributed by atoms with Crippen molar-refractivity contribution in [2.75, 3.05) is 0 Å². The average Bonchev–Trinajstić information content (AvgIpc) is 3.34. The molecule has 0 amide bonds. The van der Waals surface area contributed by atoms with Gasteiger partial charge in [0.15, 0.2) is 0 Å². The lowest BCUT2D eigenvalue weighted by Gasteiger charge is -2.16. The Labute approximate surface area is 145 Å². The summed E-state index contributed by atoms with van der Waals surface area (Å²) in [5, 5.41) is 10.0. The van der Waals surface area contributed by atoms with Gasteiger partial charge in [0.25, 0.3) is 0 Å². The van der Waals surface area contributed by atoms with E-state index in [4.69, 9.17) is 23.2 Å². The SMILES string of the molecule is C=N/C(=C\N=C/C)c1ccc(C(CC2CC2)C(=O)O)c(Cl)c1Cl. The molecule has 6 heteroatoms. The molecule has 1 aliphatic rings. The van der Waals surface area contributed by atoms with Gasteiger partial charge in [-0.2, -0.15) is 0 Å². The van der Waals surface area contributed by atoms with Gasteiger partial charge in [-0.05, 0) is 31.5 Å². The van der Waals surface area contributed by atoms with Crippen molar-refractivity contribution in [2.24, 2.45) is 15.9 Å². The van der Waals surface area contributed by atoms with Crippen molar-refractivity contribution < 1.29 is 9.90 Å². The molecule has 0 spiro atoms. The van der Waals surface area contributed by atoms with Crippen molar-refractivity contribution in [3.05, 3.63) is 39.5 Å². The second-order valence-electron chi connectivity index (χ2n) is 5.48. The summed E-state index contributed by atoms with van der Waals surface area (Å²) in [6, 6.07) is 3.43. The average molecular weight is 353 g/mol. The first-order chi connectivity index (χ1) is 11.0. The van der Waals surface area contributed by atoms with Crippen LogP contribution in [-0.2, 0) is 4.79 Å². The fraction of sp³-hybridized carbons (Fsp3) is 0.353. The van der Waals surface area contributed by atoms with E-state index in [1.54, 1.807) is 25.3 Å². The first-order valence-corrected chi connectivity index (χ1v) is 8.10.